The molecule has 0 fully saturated rings. The minimum absolute atomic E-state index is 0.131. The highest BCUT2D eigenvalue weighted by molar-refractivity contribution is 6.11. The molecule has 2 rings (SSSR count). The summed E-state index contributed by atoms with van der Waals surface area (Å²) in [7, 11) is 6.89. The molecular formula is C19H28N2O5. The number of methoxy groups -OCH3 is 2. The van der Waals surface area contributed by atoms with Crippen LogP contribution < -0.4 is 14.2 Å². The molecule has 0 aromatic carbocycles. The summed E-state index contributed by atoms with van der Waals surface area (Å²) in [6.45, 7) is 5.10. The average molecular weight is 364 g/mol. The summed E-state index contributed by atoms with van der Waals surface area (Å²) in [5, 5.41) is 0. The topological polar surface area (TPSA) is 70.1 Å². The van der Waals surface area contributed by atoms with Crippen molar-refractivity contribution in [1.29, 1.82) is 0 Å². The summed E-state index contributed by atoms with van der Waals surface area (Å²) in [4.78, 5) is 19.2. The Labute approximate surface area is 154 Å². The van der Waals surface area contributed by atoms with Gasteiger partial charge in [0.15, 0.2) is 17.2 Å². The lowest BCUT2D eigenvalue weighted by atomic mass is 9.92. The maximum atomic E-state index is 13.0. The fourth-order valence-corrected chi connectivity index (χ4v) is 2.72. The van der Waals surface area contributed by atoms with Crippen molar-refractivity contribution in [3.63, 3.8) is 0 Å². The number of aromatic nitrogens is 1. The first-order chi connectivity index (χ1) is 12.4. The van der Waals surface area contributed by atoms with Crippen molar-refractivity contribution >= 4 is 5.78 Å². The van der Waals surface area contributed by atoms with Crippen LogP contribution in [0.4, 0.5) is 0 Å². The number of Topliss-reactive ketones (excluding diaryl/α,β-unsaturated/α-hetero) is 1. The molecule has 26 heavy (non-hydrogen) atoms. The second kappa shape index (κ2) is 8.89. The number of carbonyl (C=O) groups excluding carboxylic acids is 1. The average Bonchev–Trinajstić information content (AvgIpc) is 2.60. The molecule has 1 atom stereocenters. The molecule has 0 amide bonds. The first-order valence-corrected chi connectivity index (χ1v) is 8.69. The van der Waals surface area contributed by atoms with Crippen LogP contribution in [0.3, 0.4) is 0 Å². The van der Waals surface area contributed by atoms with E-state index in [4.69, 9.17) is 18.9 Å². The van der Waals surface area contributed by atoms with Crippen molar-refractivity contribution in [2.45, 2.75) is 26.4 Å². The smallest absolute Gasteiger partial charge is 0.257 e. The van der Waals surface area contributed by atoms with Gasteiger partial charge >= 0.3 is 0 Å². The lowest BCUT2D eigenvalue weighted by Crippen LogP contribution is -2.36. The van der Waals surface area contributed by atoms with E-state index in [1.807, 2.05) is 32.8 Å². The number of pyridine rings is 1. The van der Waals surface area contributed by atoms with Crippen LogP contribution in [-0.2, 0) is 4.74 Å². The highest BCUT2D eigenvalue weighted by Gasteiger charge is 2.36. The van der Waals surface area contributed by atoms with Gasteiger partial charge in [0.05, 0.1) is 19.3 Å². The second-order valence-electron chi connectivity index (χ2n) is 6.70. The maximum absolute atomic E-state index is 13.0. The molecule has 1 aromatic heterocycles. The molecular weight excluding hydrogens is 336 g/mol. The first kappa shape index (κ1) is 20.0. The third-order valence-electron chi connectivity index (χ3n) is 3.90. The Kier molecular flexibility index (Phi) is 6.85. The van der Waals surface area contributed by atoms with Crippen molar-refractivity contribution in [1.82, 2.24) is 9.88 Å². The number of ketones is 1. The molecule has 7 heteroatoms. The molecule has 0 aliphatic carbocycles. The van der Waals surface area contributed by atoms with Gasteiger partial charge in [-0.3, -0.25) is 4.79 Å². The van der Waals surface area contributed by atoms with E-state index >= 15 is 0 Å². The fraction of sp³-hybridized carbons (Fsp3) is 0.579. The van der Waals surface area contributed by atoms with Gasteiger partial charge in [0, 0.05) is 46.5 Å². The zero-order valence-electron chi connectivity index (χ0n) is 16.4. The van der Waals surface area contributed by atoms with Crippen molar-refractivity contribution in [3.05, 3.63) is 23.5 Å². The van der Waals surface area contributed by atoms with E-state index in [1.165, 1.54) is 7.11 Å². The summed E-state index contributed by atoms with van der Waals surface area (Å²) >= 11 is 0. The normalized spacial score (nSPS) is 17.9. The van der Waals surface area contributed by atoms with E-state index in [0.29, 0.717) is 30.3 Å². The van der Waals surface area contributed by atoms with Crippen LogP contribution in [-0.4, -0.2) is 63.3 Å². The van der Waals surface area contributed by atoms with Crippen LogP contribution >= 0.6 is 0 Å². The van der Waals surface area contributed by atoms with E-state index < -0.39 is 0 Å². The molecule has 1 aromatic rings. The van der Waals surface area contributed by atoms with Gasteiger partial charge in [-0.15, -0.1) is 0 Å². The summed E-state index contributed by atoms with van der Waals surface area (Å²) in [6, 6.07) is 1.69. The third-order valence-corrected chi connectivity index (χ3v) is 3.90. The number of hydrogen-bond acceptors (Lipinski definition) is 7. The van der Waals surface area contributed by atoms with Gasteiger partial charge in [0.25, 0.3) is 5.88 Å². The van der Waals surface area contributed by atoms with E-state index in [2.05, 4.69) is 4.98 Å². The minimum Gasteiger partial charge on any atom is -0.488 e. The molecule has 0 saturated heterocycles. The van der Waals surface area contributed by atoms with E-state index in [9.17, 15) is 4.79 Å². The number of hydrogen-bond donors (Lipinski definition) is 0. The predicted molar refractivity (Wildman–Crippen MR) is 98.1 cm³/mol. The Hall–Kier alpha value is -2.28. The van der Waals surface area contributed by atoms with Crippen molar-refractivity contribution in [2.24, 2.45) is 5.92 Å². The van der Waals surface area contributed by atoms with Gasteiger partial charge in [0.1, 0.15) is 6.10 Å². The maximum Gasteiger partial charge on any atom is 0.257 e. The van der Waals surface area contributed by atoms with Gasteiger partial charge in [-0.05, 0) is 5.92 Å². The summed E-state index contributed by atoms with van der Waals surface area (Å²) in [5.74, 6) is 1.13. The predicted octanol–water partition coefficient (Wildman–Crippen LogP) is 2.55. The Morgan fingerprint density at radius 3 is 2.62 bits per heavy atom. The molecule has 1 aliphatic rings. The Balaban J connectivity index is 2.38. The number of ether oxygens (including phenoxy) is 4. The summed E-state index contributed by atoms with van der Waals surface area (Å²) in [5.41, 5.74) is 0.830. The Bertz CT molecular complexity index is 670. The van der Waals surface area contributed by atoms with E-state index in [0.717, 1.165) is 6.42 Å². The molecule has 0 bridgehead atoms. The third kappa shape index (κ3) is 4.46. The molecule has 1 aliphatic heterocycles. The van der Waals surface area contributed by atoms with E-state index in [-0.39, 0.29) is 29.4 Å². The number of nitrogens with zero attached hydrogens (tertiary/aromatic N) is 2. The van der Waals surface area contributed by atoms with Gasteiger partial charge in [0.2, 0.25) is 5.78 Å². The SMILES string of the molecule is COCCCOc1cc2c(nc1OC)C(=O)C(=CN(C)C)C(C(C)C)O2. The van der Waals surface area contributed by atoms with Crippen LogP contribution in [0.2, 0.25) is 0 Å². The highest BCUT2D eigenvalue weighted by atomic mass is 16.5. The van der Waals surface area contributed by atoms with Crippen molar-refractivity contribution in [2.75, 3.05) is 41.5 Å². The monoisotopic (exact) mass is 364 g/mol. The van der Waals surface area contributed by atoms with Crippen LogP contribution in [0.25, 0.3) is 0 Å². The molecule has 0 spiro atoms. The molecule has 1 unspecified atom stereocenters. The number of carbonyl (C=O) groups is 1. The summed E-state index contributed by atoms with van der Waals surface area (Å²) < 4.78 is 22.2. The van der Waals surface area contributed by atoms with Crippen molar-refractivity contribution in [3.8, 4) is 17.4 Å². The standard InChI is InChI=1S/C19H28N2O5/c1-12(2)18-13(11-21(3)4)17(22)16-14(26-18)10-15(19(20-16)24-6)25-9-7-8-23-5/h10-12,18H,7-9H2,1-6H3. The largest absolute Gasteiger partial charge is 0.488 e. The molecule has 0 radical (unpaired) electrons. The quantitative estimate of drug-likeness (QED) is 0.518. The van der Waals surface area contributed by atoms with Gasteiger partial charge in [-0.2, -0.15) is 0 Å². The molecule has 0 saturated carbocycles. The lowest BCUT2D eigenvalue weighted by Gasteiger charge is -2.31. The minimum atomic E-state index is -0.339. The molecule has 2 heterocycles. The fourth-order valence-electron chi connectivity index (χ4n) is 2.72. The zero-order chi connectivity index (χ0) is 19.3. The lowest BCUT2D eigenvalue weighted by molar-refractivity contribution is 0.0909. The summed E-state index contributed by atoms with van der Waals surface area (Å²) in [6.07, 6.45) is 2.19. The molecule has 144 valence electrons. The highest BCUT2D eigenvalue weighted by Crippen LogP contribution is 2.38. The Morgan fingerprint density at radius 1 is 1.31 bits per heavy atom. The Morgan fingerprint density at radius 2 is 2.04 bits per heavy atom. The van der Waals surface area contributed by atoms with Crippen LogP contribution in [0.1, 0.15) is 30.8 Å². The van der Waals surface area contributed by atoms with Crippen molar-refractivity contribution < 1.29 is 23.7 Å². The first-order valence-electron chi connectivity index (χ1n) is 8.69. The zero-order valence-corrected chi connectivity index (χ0v) is 16.4. The van der Waals surface area contributed by atoms with Crippen LogP contribution in [0.5, 0.6) is 17.4 Å². The van der Waals surface area contributed by atoms with Crippen LogP contribution in [0.15, 0.2) is 17.8 Å². The van der Waals surface area contributed by atoms with Gasteiger partial charge < -0.3 is 23.8 Å². The number of rotatable bonds is 8. The molecule has 7 nitrogen and oxygen atoms in total. The van der Waals surface area contributed by atoms with E-state index in [1.54, 1.807) is 19.4 Å². The van der Waals surface area contributed by atoms with Gasteiger partial charge in [-0.1, -0.05) is 13.8 Å². The van der Waals surface area contributed by atoms with Crippen LogP contribution in [0, 0.1) is 5.92 Å². The second-order valence-corrected chi connectivity index (χ2v) is 6.70. The molecule has 0 N–H and O–H groups in total. The van der Waals surface area contributed by atoms with Gasteiger partial charge in [-0.25, -0.2) is 4.98 Å². The number of fused-ring (bicyclic) bond motifs is 1.